The Morgan fingerprint density at radius 2 is 2.06 bits per heavy atom. The van der Waals surface area contributed by atoms with Gasteiger partial charge in [-0.25, -0.2) is 4.98 Å². The number of fused-ring (bicyclic) bond motifs is 1. The fraction of sp³-hybridized carbons (Fsp3) is 0.182. The molecule has 2 N–H and O–H groups in total. The third kappa shape index (κ3) is 2.08. The van der Waals surface area contributed by atoms with Gasteiger partial charge in [-0.15, -0.1) is 0 Å². The Bertz CT molecular complexity index is 527. The summed E-state index contributed by atoms with van der Waals surface area (Å²) in [4.78, 5) is 19.1. The molecule has 2 aromatic rings. The van der Waals surface area contributed by atoms with Crippen LogP contribution in [0, 0.1) is 0 Å². The number of rotatable bonds is 3. The van der Waals surface area contributed by atoms with Crippen molar-refractivity contribution in [2.24, 2.45) is 0 Å². The van der Waals surface area contributed by atoms with Crippen molar-refractivity contribution in [3.8, 4) is 0 Å². The zero-order valence-electron chi connectivity index (χ0n) is 8.71. The van der Waals surface area contributed by atoms with Gasteiger partial charge in [-0.05, 0) is 19.1 Å². The summed E-state index contributed by atoms with van der Waals surface area (Å²) in [5, 5.41) is 11.5. The molecule has 0 aliphatic carbocycles. The number of hydrogen-bond acceptors (Lipinski definition) is 4. The van der Waals surface area contributed by atoms with Gasteiger partial charge in [0.15, 0.2) is 0 Å². The Labute approximate surface area is 92.2 Å². The minimum atomic E-state index is -0.921. The van der Waals surface area contributed by atoms with E-state index in [0.717, 1.165) is 11.0 Å². The van der Waals surface area contributed by atoms with Gasteiger partial charge >= 0.3 is 5.97 Å². The molecular formula is C11H11N3O2. The number of carbonyl (C=O) groups is 1. The largest absolute Gasteiger partial charge is 0.480 e. The number of anilines is 1. The second-order valence-corrected chi connectivity index (χ2v) is 3.45. The van der Waals surface area contributed by atoms with Crippen molar-refractivity contribution in [1.29, 1.82) is 0 Å². The molecule has 0 radical (unpaired) electrons. The second kappa shape index (κ2) is 4.14. The molecule has 0 aliphatic heterocycles. The summed E-state index contributed by atoms with van der Waals surface area (Å²) >= 11 is 0. The molecule has 1 aromatic carbocycles. The third-order valence-electron chi connectivity index (χ3n) is 2.18. The molecule has 0 fully saturated rings. The van der Waals surface area contributed by atoms with E-state index in [0.29, 0.717) is 5.82 Å². The van der Waals surface area contributed by atoms with Crippen LogP contribution >= 0.6 is 0 Å². The Kier molecular flexibility index (Phi) is 2.68. The van der Waals surface area contributed by atoms with Gasteiger partial charge in [0, 0.05) is 0 Å². The molecule has 1 atom stereocenters. The molecule has 0 spiro atoms. The van der Waals surface area contributed by atoms with Gasteiger partial charge in [0.05, 0.1) is 17.2 Å². The lowest BCUT2D eigenvalue weighted by atomic mass is 10.3. The topological polar surface area (TPSA) is 75.1 Å². The highest BCUT2D eigenvalue weighted by atomic mass is 16.4. The Balaban J connectivity index is 2.29. The fourth-order valence-electron chi connectivity index (χ4n) is 1.31. The molecule has 0 bridgehead atoms. The first-order chi connectivity index (χ1) is 7.66. The Morgan fingerprint density at radius 1 is 1.38 bits per heavy atom. The molecule has 5 heteroatoms. The second-order valence-electron chi connectivity index (χ2n) is 3.45. The first-order valence-electron chi connectivity index (χ1n) is 4.88. The van der Waals surface area contributed by atoms with Crippen molar-refractivity contribution < 1.29 is 9.90 Å². The minimum absolute atomic E-state index is 0.466. The summed E-state index contributed by atoms with van der Waals surface area (Å²) in [5.41, 5.74) is 1.53. The summed E-state index contributed by atoms with van der Waals surface area (Å²) in [6.07, 6.45) is 1.53. The van der Waals surface area contributed by atoms with Crippen molar-refractivity contribution in [3.63, 3.8) is 0 Å². The van der Waals surface area contributed by atoms with Crippen LogP contribution in [0.25, 0.3) is 11.0 Å². The van der Waals surface area contributed by atoms with E-state index in [2.05, 4.69) is 15.3 Å². The number of hydrogen-bond donors (Lipinski definition) is 2. The maximum atomic E-state index is 10.7. The van der Waals surface area contributed by atoms with Gasteiger partial charge in [0.25, 0.3) is 0 Å². The monoisotopic (exact) mass is 217 g/mol. The van der Waals surface area contributed by atoms with E-state index in [4.69, 9.17) is 5.11 Å². The van der Waals surface area contributed by atoms with Crippen LogP contribution in [-0.2, 0) is 4.79 Å². The van der Waals surface area contributed by atoms with Crippen molar-refractivity contribution in [1.82, 2.24) is 9.97 Å². The summed E-state index contributed by atoms with van der Waals surface area (Å²) in [6, 6.07) is 6.74. The predicted octanol–water partition coefficient (Wildman–Crippen LogP) is 1.51. The molecule has 1 heterocycles. The lowest BCUT2D eigenvalue weighted by Crippen LogP contribution is -2.25. The molecule has 0 unspecified atom stereocenters. The fourth-order valence-corrected chi connectivity index (χ4v) is 1.31. The Morgan fingerprint density at radius 3 is 2.75 bits per heavy atom. The summed E-state index contributed by atoms with van der Waals surface area (Å²) in [6.45, 7) is 1.55. The normalized spacial score (nSPS) is 12.3. The smallest absolute Gasteiger partial charge is 0.325 e. The average Bonchev–Trinajstić information content (AvgIpc) is 2.28. The van der Waals surface area contributed by atoms with Gasteiger partial charge in [-0.3, -0.25) is 9.78 Å². The molecule has 1 aromatic heterocycles. The molecule has 16 heavy (non-hydrogen) atoms. The van der Waals surface area contributed by atoms with Gasteiger partial charge < -0.3 is 10.4 Å². The van der Waals surface area contributed by atoms with Crippen LogP contribution in [0.2, 0.25) is 0 Å². The van der Waals surface area contributed by atoms with E-state index in [1.54, 1.807) is 6.92 Å². The summed E-state index contributed by atoms with van der Waals surface area (Å²) in [7, 11) is 0. The van der Waals surface area contributed by atoms with Gasteiger partial charge in [-0.1, -0.05) is 12.1 Å². The lowest BCUT2D eigenvalue weighted by molar-refractivity contribution is -0.137. The van der Waals surface area contributed by atoms with Crippen molar-refractivity contribution in [3.05, 3.63) is 30.5 Å². The van der Waals surface area contributed by atoms with E-state index in [1.165, 1.54) is 6.20 Å². The number of nitrogens with one attached hydrogen (secondary N) is 1. The highest BCUT2D eigenvalue weighted by molar-refractivity contribution is 5.78. The maximum absolute atomic E-state index is 10.7. The SMILES string of the molecule is C[C@H](Nc1cnc2ccccc2n1)C(=O)O. The number of benzene rings is 1. The summed E-state index contributed by atoms with van der Waals surface area (Å²) in [5.74, 6) is -0.455. The number of para-hydroxylation sites is 2. The molecule has 0 amide bonds. The quantitative estimate of drug-likeness (QED) is 0.815. The van der Waals surface area contributed by atoms with E-state index in [1.807, 2.05) is 24.3 Å². The molecule has 2 rings (SSSR count). The van der Waals surface area contributed by atoms with E-state index < -0.39 is 12.0 Å². The molecule has 0 saturated carbocycles. The highest BCUT2D eigenvalue weighted by Gasteiger charge is 2.10. The zero-order chi connectivity index (χ0) is 11.5. The lowest BCUT2D eigenvalue weighted by Gasteiger charge is -2.09. The van der Waals surface area contributed by atoms with Gasteiger partial charge in [0.2, 0.25) is 0 Å². The standard InChI is InChI=1S/C11H11N3O2/c1-7(11(15)16)13-10-6-12-8-4-2-3-5-9(8)14-10/h2-7H,1H3,(H,13,14)(H,15,16)/t7-/m0/s1. The Hall–Kier alpha value is -2.17. The zero-order valence-corrected chi connectivity index (χ0v) is 8.71. The number of carboxylic acid groups (broad SMARTS) is 1. The molecule has 0 aliphatic rings. The predicted molar refractivity (Wildman–Crippen MR) is 60.3 cm³/mol. The van der Waals surface area contributed by atoms with Crippen LogP contribution in [0.5, 0.6) is 0 Å². The van der Waals surface area contributed by atoms with Crippen LogP contribution in [0.15, 0.2) is 30.5 Å². The van der Waals surface area contributed by atoms with Crippen molar-refractivity contribution in [2.45, 2.75) is 13.0 Å². The molecule has 0 saturated heterocycles. The third-order valence-corrected chi connectivity index (χ3v) is 2.18. The van der Waals surface area contributed by atoms with Crippen LogP contribution in [0.4, 0.5) is 5.82 Å². The van der Waals surface area contributed by atoms with Gasteiger partial charge in [-0.2, -0.15) is 0 Å². The average molecular weight is 217 g/mol. The van der Waals surface area contributed by atoms with Crippen LogP contribution in [0.1, 0.15) is 6.92 Å². The van der Waals surface area contributed by atoms with Crippen LogP contribution in [-0.4, -0.2) is 27.1 Å². The van der Waals surface area contributed by atoms with Crippen molar-refractivity contribution >= 4 is 22.8 Å². The number of nitrogens with zero attached hydrogens (tertiary/aromatic N) is 2. The molecule has 82 valence electrons. The maximum Gasteiger partial charge on any atom is 0.325 e. The van der Waals surface area contributed by atoms with E-state index >= 15 is 0 Å². The minimum Gasteiger partial charge on any atom is -0.480 e. The first-order valence-corrected chi connectivity index (χ1v) is 4.88. The highest BCUT2D eigenvalue weighted by Crippen LogP contribution is 2.11. The van der Waals surface area contributed by atoms with Gasteiger partial charge in [0.1, 0.15) is 11.9 Å². The van der Waals surface area contributed by atoms with Crippen molar-refractivity contribution in [2.75, 3.05) is 5.32 Å². The number of aliphatic carboxylic acids is 1. The van der Waals surface area contributed by atoms with Crippen LogP contribution < -0.4 is 5.32 Å². The molecular weight excluding hydrogens is 206 g/mol. The van der Waals surface area contributed by atoms with E-state index in [9.17, 15) is 4.79 Å². The molecule has 5 nitrogen and oxygen atoms in total. The van der Waals surface area contributed by atoms with Crippen LogP contribution in [0.3, 0.4) is 0 Å². The number of carboxylic acids is 1. The summed E-state index contributed by atoms with van der Waals surface area (Å²) < 4.78 is 0. The van der Waals surface area contributed by atoms with E-state index in [-0.39, 0.29) is 0 Å². The first kappa shape index (κ1) is 10.4. The number of aromatic nitrogens is 2.